The molecule has 0 saturated carbocycles. The van der Waals surface area contributed by atoms with E-state index in [0.717, 1.165) is 70.1 Å². The van der Waals surface area contributed by atoms with Crippen molar-refractivity contribution in [2.75, 3.05) is 13.2 Å². The zero-order chi connectivity index (χ0) is 38.9. The summed E-state index contributed by atoms with van der Waals surface area (Å²) in [5, 5.41) is 0. The largest absolute Gasteiger partial charge is 0.462 e. The summed E-state index contributed by atoms with van der Waals surface area (Å²) in [6.45, 7) is 8.93. The van der Waals surface area contributed by atoms with Crippen molar-refractivity contribution in [1.82, 2.24) is 0 Å². The van der Waals surface area contributed by atoms with E-state index in [1.807, 2.05) is 0 Å². The second kappa shape index (κ2) is 41.6. The summed E-state index contributed by atoms with van der Waals surface area (Å²) in [6, 6.07) is 0. The number of ether oxygens (including phenoxy) is 3. The fourth-order valence-electron chi connectivity index (χ4n) is 6.98. The Labute approximate surface area is 329 Å². The van der Waals surface area contributed by atoms with Crippen LogP contribution < -0.4 is 0 Å². The Kier molecular flexibility index (Phi) is 40.3. The molecule has 6 nitrogen and oxygen atoms in total. The van der Waals surface area contributed by atoms with Crippen LogP contribution in [0.3, 0.4) is 0 Å². The molecule has 0 aliphatic rings. The van der Waals surface area contributed by atoms with Gasteiger partial charge in [-0.2, -0.15) is 0 Å². The maximum absolute atomic E-state index is 12.5. The number of rotatable bonds is 42. The normalized spacial score (nSPS) is 11.9. The first-order chi connectivity index (χ1) is 25.9. The van der Waals surface area contributed by atoms with Crippen LogP contribution in [0, 0.1) is 5.92 Å². The summed E-state index contributed by atoms with van der Waals surface area (Å²) in [5.41, 5.74) is 0. The van der Waals surface area contributed by atoms with E-state index >= 15 is 0 Å². The van der Waals surface area contributed by atoms with Crippen LogP contribution in [0.2, 0.25) is 0 Å². The Morgan fingerprint density at radius 2 is 0.623 bits per heavy atom. The lowest BCUT2D eigenvalue weighted by Gasteiger charge is -2.18. The monoisotopic (exact) mass is 751 g/mol. The Hall–Kier alpha value is -1.59. The molecule has 0 N–H and O–H groups in total. The second-order valence-electron chi connectivity index (χ2n) is 16.5. The lowest BCUT2D eigenvalue weighted by atomic mass is 10.0. The van der Waals surface area contributed by atoms with E-state index in [9.17, 15) is 14.4 Å². The van der Waals surface area contributed by atoms with Crippen molar-refractivity contribution in [2.45, 2.75) is 265 Å². The maximum atomic E-state index is 12.5. The van der Waals surface area contributed by atoms with Crippen LogP contribution in [0.4, 0.5) is 0 Å². The lowest BCUT2D eigenvalue weighted by molar-refractivity contribution is -0.167. The molecular formula is C47H90O6. The molecule has 0 aromatic carbocycles. The fraction of sp³-hybridized carbons (Fsp3) is 0.936. The number of esters is 3. The van der Waals surface area contributed by atoms with E-state index < -0.39 is 6.10 Å². The summed E-state index contributed by atoms with van der Waals surface area (Å²) < 4.78 is 16.6. The summed E-state index contributed by atoms with van der Waals surface area (Å²) >= 11 is 0. The van der Waals surface area contributed by atoms with Crippen molar-refractivity contribution >= 4 is 17.9 Å². The Morgan fingerprint density at radius 3 is 0.925 bits per heavy atom. The van der Waals surface area contributed by atoms with Gasteiger partial charge in [0.2, 0.25) is 0 Å². The van der Waals surface area contributed by atoms with Crippen molar-refractivity contribution in [3.8, 4) is 0 Å². The van der Waals surface area contributed by atoms with Crippen LogP contribution in [0.5, 0.6) is 0 Å². The van der Waals surface area contributed by atoms with Gasteiger partial charge in [0, 0.05) is 19.3 Å². The molecule has 0 radical (unpaired) electrons. The highest BCUT2D eigenvalue weighted by Crippen LogP contribution is 2.16. The molecule has 0 rings (SSSR count). The van der Waals surface area contributed by atoms with Gasteiger partial charge < -0.3 is 14.2 Å². The first-order valence-electron chi connectivity index (χ1n) is 23.4. The molecule has 0 aromatic rings. The molecule has 53 heavy (non-hydrogen) atoms. The maximum Gasteiger partial charge on any atom is 0.306 e. The summed E-state index contributed by atoms with van der Waals surface area (Å²) in [5.74, 6) is -0.0177. The minimum Gasteiger partial charge on any atom is -0.462 e. The van der Waals surface area contributed by atoms with Crippen molar-refractivity contribution in [2.24, 2.45) is 5.92 Å². The van der Waals surface area contributed by atoms with E-state index in [2.05, 4.69) is 27.7 Å². The zero-order valence-electron chi connectivity index (χ0n) is 36.0. The molecule has 314 valence electrons. The number of carbonyl (C=O) groups excluding carboxylic acids is 3. The third kappa shape index (κ3) is 41.4. The van der Waals surface area contributed by atoms with Gasteiger partial charge >= 0.3 is 17.9 Å². The zero-order valence-corrected chi connectivity index (χ0v) is 36.0. The van der Waals surface area contributed by atoms with Crippen molar-refractivity contribution < 1.29 is 28.6 Å². The molecular weight excluding hydrogens is 661 g/mol. The summed E-state index contributed by atoms with van der Waals surface area (Å²) in [4.78, 5) is 37.5. The third-order valence-electron chi connectivity index (χ3n) is 10.5. The van der Waals surface area contributed by atoms with Crippen molar-refractivity contribution in [3.63, 3.8) is 0 Å². The Bertz CT molecular complexity index is 796. The Balaban J connectivity index is 4.08. The molecule has 0 aromatic heterocycles. The van der Waals surface area contributed by atoms with Gasteiger partial charge in [-0.3, -0.25) is 14.4 Å². The van der Waals surface area contributed by atoms with Gasteiger partial charge in [-0.25, -0.2) is 0 Å². The minimum absolute atomic E-state index is 0.0649. The lowest BCUT2D eigenvalue weighted by Crippen LogP contribution is -2.30. The van der Waals surface area contributed by atoms with Gasteiger partial charge in [0.1, 0.15) is 13.2 Å². The van der Waals surface area contributed by atoms with Crippen molar-refractivity contribution in [3.05, 3.63) is 0 Å². The predicted octanol–water partition coefficient (Wildman–Crippen LogP) is 14.7. The Morgan fingerprint density at radius 1 is 0.358 bits per heavy atom. The van der Waals surface area contributed by atoms with Gasteiger partial charge in [-0.1, -0.05) is 220 Å². The molecule has 0 bridgehead atoms. The van der Waals surface area contributed by atoms with Crippen LogP contribution in [-0.2, 0) is 28.6 Å². The van der Waals surface area contributed by atoms with Crippen LogP contribution in [-0.4, -0.2) is 37.2 Å². The van der Waals surface area contributed by atoms with Gasteiger partial charge in [0.15, 0.2) is 6.10 Å². The molecule has 0 aliphatic carbocycles. The van der Waals surface area contributed by atoms with E-state index in [1.54, 1.807) is 0 Å². The summed E-state index contributed by atoms with van der Waals surface area (Å²) in [6.07, 6.45) is 41.2. The summed E-state index contributed by atoms with van der Waals surface area (Å²) in [7, 11) is 0. The van der Waals surface area contributed by atoms with E-state index in [4.69, 9.17) is 14.2 Å². The first-order valence-corrected chi connectivity index (χ1v) is 23.4. The van der Waals surface area contributed by atoms with Gasteiger partial charge in [0.25, 0.3) is 0 Å². The molecule has 0 aliphatic heterocycles. The van der Waals surface area contributed by atoms with Gasteiger partial charge in [0.05, 0.1) is 0 Å². The molecule has 1 atom stereocenters. The SMILES string of the molecule is CCCCCCCCCCCCCCC(=O)OC[C@H](COC(=O)CCCCCCCCCCCCCCCCCC(C)C)OC(=O)CCCCCCC. The number of unbranched alkanes of at least 4 members (excludes halogenated alkanes) is 29. The van der Waals surface area contributed by atoms with Crippen molar-refractivity contribution in [1.29, 1.82) is 0 Å². The molecule has 0 unspecified atom stereocenters. The average molecular weight is 751 g/mol. The second-order valence-corrected chi connectivity index (χ2v) is 16.5. The molecule has 6 heteroatoms. The first kappa shape index (κ1) is 51.4. The highest BCUT2D eigenvalue weighted by molar-refractivity contribution is 5.71. The molecule has 0 spiro atoms. The predicted molar refractivity (Wildman–Crippen MR) is 224 cm³/mol. The smallest absolute Gasteiger partial charge is 0.306 e. The standard InChI is InChI=1S/C47H90O6/c1-5-7-9-11-12-13-14-21-24-27-31-34-38-45(48)51-41-44(53-47(50)40-36-29-10-8-6-2)42-52-46(49)39-35-32-28-25-22-19-17-15-16-18-20-23-26-30-33-37-43(3)4/h43-44H,5-42H2,1-4H3/t44-/m1/s1. The van der Waals surface area contributed by atoms with E-state index in [-0.39, 0.29) is 31.1 Å². The topological polar surface area (TPSA) is 78.9 Å². The third-order valence-corrected chi connectivity index (χ3v) is 10.5. The highest BCUT2D eigenvalue weighted by Gasteiger charge is 2.19. The van der Waals surface area contributed by atoms with Crippen LogP contribution in [0.1, 0.15) is 259 Å². The number of hydrogen-bond donors (Lipinski definition) is 0. The fourth-order valence-corrected chi connectivity index (χ4v) is 6.98. The number of carbonyl (C=O) groups is 3. The molecule has 0 amide bonds. The molecule has 0 heterocycles. The van der Waals surface area contributed by atoms with Crippen LogP contribution in [0.15, 0.2) is 0 Å². The van der Waals surface area contributed by atoms with Crippen LogP contribution >= 0.6 is 0 Å². The van der Waals surface area contributed by atoms with E-state index in [0.29, 0.717) is 19.3 Å². The van der Waals surface area contributed by atoms with Gasteiger partial charge in [-0.05, 0) is 25.2 Å². The number of hydrogen-bond acceptors (Lipinski definition) is 6. The highest BCUT2D eigenvalue weighted by atomic mass is 16.6. The average Bonchev–Trinajstić information content (AvgIpc) is 3.14. The van der Waals surface area contributed by atoms with E-state index in [1.165, 1.54) is 148 Å². The van der Waals surface area contributed by atoms with Gasteiger partial charge in [-0.15, -0.1) is 0 Å². The molecule has 0 saturated heterocycles. The quantitative estimate of drug-likeness (QED) is 0.0351. The van der Waals surface area contributed by atoms with Crippen LogP contribution in [0.25, 0.3) is 0 Å². The minimum atomic E-state index is -0.757. The molecule has 0 fully saturated rings.